The van der Waals surface area contributed by atoms with E-state index in [0.29, 0.717) is 17.5 Å². The molecule has 132 valence electrons. The molecule has 1 aromatic heterocycles. The topological polar surface area (TPSA) is 34.6 Å². The zero-order valence-corrected chi connectivity index (χ0v) is 14.2. The first-order chi connectivity index (χ1) is 12.3. The molecular formula is C20H23FN2O2. The fraction of sp³-hybridized carbons (Fsp3) is 0.450. The summed E-state index contributed by atoms with van der Waals surface area (Å²) >= 11 is 0. The van der Waals surface area contributed by atoms with Crippen LogP contribution in [0.15, 0.2) is 42.6 Å². The number of hydrogen-bond donors (Lipinski definition) is 0. The summed E-state index contributed by atoms with van der Waals surface area (Å²) in [5, 5.41) is 0. The highest BCUT2D eigenvalue weighted by atomic mass is 19.1. The maximum absolute atomic E-state index is 13.6. The molecule has 2 fully saturated rings. The molecule has 1 aliphatic carbocycles. The van der Waals surface area contributed by atoms with E-state index in [1.165, 1.54) is 24.5 Å². The number of benzene rings is 1. The summed E-state index contributed by atoms with van der Waals surface area (Å²) in [6.07, 6.45) is 4.51. The van der Waals surface area contributed by atoms with E-state index in [9.17, 15) is 4.39 Å². The Morgan fingerprint density at radius 1 is 1.20 bits per heavy atom. The molecule has 1 aliphatic heterocycles. The Labute approximate surface area is 147 Å². The van der Waals surface area contributed by atoms with Gasteiger partial charge in [-0.2, -0.15) is 0 Å². The normalized spacial score (nSPS) is 21.2. The van der Waals surface area contributed by atoms with Crippen molar-refractivity contribution in [3.8, 4) is 5.88 Å². The van der Waals surface area contributed by atoms with Crippen LogP contribution in [-0.2, 0) is 17.9 Å². The summed E-state index contributed by atoms with van der Waals surface area (Å²) in [7, 11) is 0. The van der Waals surface area contributed by atoms with Crippen LogP contribution in [0.5, 0.6) is 5.88 Å². The van der Waals surface area contributed by atoms with Gasteiger partial charge in [0.1, 0.15) is 12.4 Å². The van der Waals surface area contributed by atoms with Crippen LogP contribution >= 0.6 is 0 Å². The molecule has 1 unspecified atom stereocenters. The number of aromatic nitrogens is 1. The van der Waals surface area contributed by atoms with Crippen molar-refractivity contribution >= 4 is 0 Å². The van der Waals surface area contributed by atoms with Gasteiger partial charge in [-0.25, -0.2) is 9.37 Å². The predicted molar refractivity (Wildman–Crippen MR) is 92.7 cm³/mol. The first-order valence-corrected chi connectivity index (χ1v) is 8.92. The second kappa shape index (κ2) is 7.50. The molecule has 0 bridgehead atoms. The van der Waals surface area contributed by atoms with Crippen molar-refractivity contribution < 1.29 is 13.9 Å². The van der Waals surface area contributed by atoms with Gasteiger partial charge in [0.05, 0.1) is 13.2 Å². The van der Waals surface area contributed by atoms with Crippen LogP contribution in [0, 0.1) is 11.7 Å². The van der Waals surface area contributed by atoms with Gasteiger partial charge in [0, 0.05) is 37.0 Å². The third kappa shape index (κ3) is 4.17. The van der Waals surface area contributed by atoms with E-state index in [2.05, 4.69) is 9.88 Å². The van der Waals surface area contributed by atoms with Crippen molar-refractivity contribution in [1.82, 2.24) is 9.88 Å². The number of halogens is 1. The largest absolute Gasteiger partial charge is 0.473 e. The molecule has 25 heavy (non-hydrogen) atoms. The van der Waals surface area contributed by atoms with Gasteiger partial charge in [-0.05, 0) is 30.4 Å². The van der Waals surface area contributed by atoms with E-state index in [-0.39, 0.29) is 12.4 Å². The quantitative estimate of drug-likeness (QED) is 0.806. The van der Waals surface area contributed by atoms with Gasteiger partial charge in [0.15, 0.2) is 0 Å². The van der Waals surface area contributed by atoms with Crippen LogP contribution in [0.25, 0.3) is 0 Å². The van der Waals surface area contributed by atoms with Gasteiger partial charge in [-0.15, -0.1) is 0 Å². The lowest BCUT2D eigenvalue weighted by molar-refractivity contribution is -0.0198. The van der Waals surface area contributed by atoms with Crippen molar-refractivity contribution in [1.29, 1.82) is 0 Å². The molecule has 2 aliphatic rings. The number of morpholine rings is 1. The van der Waals surface area contributed by atoms with Crippen LogP contribution in [0.2, 0.25) is 0 Å². The average Bonchev–Trinajstić information content (AvgIpc) is 3.48. The molecule has 5 heteroatoms. The zero-order valence-electron chi connectivity index (χ0n) is 14.2. The Kier molecular flexibility index (Phi) is 4.95. The van der Waals surface area contributed by atoms with Crippen LogP contribution < -0.4 is 4.74 Å². The Morgan fingerprint density at radius 3 is 2.84 bits per heavy atom. The van der Waals surface area contributed by atoms with E-state index in [1.54, 1.807) is 18.2 Å². The summed E-state index contributed by atoms with van der Waals surface area (Å²) in [5.41, 5.74) is 1.71. The maximum atomic E-state index is 13.6. The maximum Gasteiger partial charge on any atom is 0.213 e. The van der Waals surface area contributed by atoms with Crippen LogP contribution in [0.3, 0.4) is 0 Å². The lowest BCUT2D eigenvalue weighted by Gasteiger charge is -2.35. The Morgan fingerprint density at radius 2 is 2.08 bits per heavy atom. The second-order valence-corrected chi connectivity index (χ2v) is 6.83. The first kappa shape index (κ1) is 16.5. The average molecular weight is 342 g/mol. The Bertz CT molecular complexity index is 703. The first-order valence-electron chi connectivity index (χ1n) is 8.92. The number of ether oxygens (including phenoxy) is 2. The molecule has 0 spiro atoms. The van der Waals surface area contributed by atoms with Gasteiger partial charge >= 0.3 is 0 Å². The minimum atomic E-state index is -0.252. The summed E-state index contributed by atoms with van der Waals surface area (Å²) in [6, 6.07) is 11.1. The standard InChI is InChI=1S/C20H23FN2O2/c21-18-4-2-1-3-17(18)13-25-20-8-5-15(11-22-20)12-23-9-10-24-14-19(23)16-6-7-16/h1-5,8,11,16,19H,6-7,9-10,12-14H2. The monoisotopic (exact) mass is 342 g/mol. The molecule has 1 aromatic carbocycles. The van der Waals surface area contributed by atoms with Crippen molar-refractivity contribution in [2.75, 3.05) is 19.8 Å². The summed E-state index contributed by atoms with van der Waals surface area (Å²) < 4.78 is 24.9. The van der Waals surface area contributed by atoms with Crippen molar-refractivity contribution in [3.05, 3.63) is 59.5 Å². The molecule has 4 rings (SSSR count). The summed E-state index contributed by atoms with van der Waals surface area (Å²) in [5.74, 6) is 1.07. The lowest BCUT2D eigenvalue weighted by atomic mass is 10.1. The number of rotatable bonds is 6. The third-order valence-electron chi connectivity index (χ3n) is 4.96. The molecule has 1 saturated carbocycles. The van der Waals surface area contributed by atoms with Crippen LogP contribution in [0.1, 0.15) is 24.0 Å². The molecule has 0 amide bonds. The molecule has 2 aromatic rings. The van der Waals surface area contributed by atoms with E-state index in [0.717, 1.165) is 32.2 Å². The van der Waals surface area contributed by atoms with Gasteiger partial charge in [0.2, 0.25) is 5.88 Å². The highest BCUT2D eigenvalue weighted by Crippen LogP contribution is 2.37. The smallest absolute Gasteiger partial charge is 0.213 e. The van der Waals surface area contributed by atoms with Crippen LogP contribution in [-0.4, -0.2) is 35.7 Å². The van der Waals surface area contributed by atoms with Gasteiger partial charge in [-0.1, -0.05) is 24.3 Å². The van der Waals surface area contributed by atoms with Gasteiger partial charge in [0.25, 0.3) is 0 Å². The Balaban J connectivity index is 1.34. The van der Waals surface area contributed by atoms with E-state index < -0.39 is 0 Å². The number of nitrogens with zero attached hydrogens (tertiary/aromatic N) is 2. The molecule has 1 saturated heterocycles. The van der Waals surface area contributed by atoms with Gasteiger partial charge in [-0.3, -0.25) is 4.90 Å². The van der Waals surface area contributed by atoms with E-state index in [1.807, 2.05) is 18.3 Å². The summed E-state index contributed by atoms with van der Waals surface area (Å²) in [6.45, 7) is 3.71. The molecule has 2 heterocycles. The highest BCUT2D eigenvalue weighted by Gasteiger charge is 2.36. The van der Waals surface area contributed by atoms with E-state index >= 15 is 0 Å². The minimum absolute atomic E-state index is 0.187. The molecule has 4 nitrogen and oxygen atoms in total. The van der Waals surface area contributed by atoms with Crippen LogP contribution in [0.4, 0.5) is 4.39 Å². The Hall–Kier alpha value is -1.98. The minimum Gasteiger partial charge on any atom is -0.473 e. The number of hydrogen-bond acceptors (Lipinski definition) is 4. The van der Waals surface area contributed by atoms with Crippen molar-refractivity contribution in [2.24, 2.45) is 5.92 Å². The second-order valence-electron chi connectivity index (χ2n) is 6.83. The molecule has 1 atom stereocenters. The van der Waals surface area contributed by atoms with E-state index in [4.69, 9.17) is 9.47 Å². The third-order valence-corrected chi connectivity index (χ3v) is 4.96. The molecule has 0 radical (unpaired) electrons. The number of pyridine rings is 1. The SMILES string of the molecule is Fc1ccccc1COc1ccc(CN2CCOCC2C2CC2)cn1. The van der Waals surface area contributed by atoms with Crippen molar-refractivity contribution in [2.45, 2.75) is 32.0 Å². The molecule has 0 N–H and O–H groups in total. The zero-order chi connectivity index (χ0) is 17.1. The highest BCUT2D eigenvalue weighted by molar-refractivity contribution is 5.20. The fourth-order valence-electron chi connectivity index (χ4n) is 3.36. The summed E-state index contributed by atoms with van der Waals surface area (Å²) in [4.78, 5) is 6.88. The van der Waals surface area contributed by atoms with Gasteiger partial charge < -0.3 is 9.47 Å². The lowest BCUT2D eigenvalue weighted by Crippen LogP contribution is -2.46. The molecular weight excluding hydrogens is 319 g/mol. The van der Waals surface area contributed by atoms with Crippen molar-refractivity contribution in [3.63, 3.8) is 0 Å². The fourth-order valence-corrected chi connectivity index (χ4v) is 3.36. The predicted octanol–water partition coefficient (Wildman–Crippen LogP) is 3.41.